The van der Waals surface area contributed by atoms with E-state index in [0.29, 0.717) is 38.3 Å². The molecule has 0 aliphatic carbocycles. The van der Waals surface area contributed by atoms with Gasteiger partial charge in [0.05, 0.1) is 6.10 Å². The van der Waals surface area contributed by atoms with Gasteiger partial charge in [-0.25, -0.2) is 0 Å². The van der Waals surface area contributed by atoms with Gasteiger partial charge in [-0.1, -0.05) is 36.4 Å². The molecule has 27 heavy (non-hydrogen) atoms. The number of benzene rings is 2. The Morgan fingerprint density at radius 2 is 1.74 bits per heavy atom. The summed E-state index contributed by atoms with van der Waals surface area (Å²) in [7, 11) is 0. The molecule has 0 radical (unpaired) electrons. The predicted octanol–water partition coefficient (Wildman–Crippen LogP) is 2.78. The highest BCUT2D eigenvalue weighted by Crippen LogP contribution is 2.19. The van der Waals surface area contributed by atoms with Gasteiger partial charge in [-0.3, -0.25) is 9.69 Å². The highest BCUT2D eigenvalue weighted by Gasteiger charge is 2.24. The van der Waals surface area contributed by atoms with E-state index in [2.05, 4.69) is 9.64 Å². The summed E-state index contributed by atoms with van der Waals surface area (Å²) in [6, 6.07) is 15.3. The van der Waals surface area contributed by atoms with Crippen LogP contribution in [0, 0.1) is 0 Å². The Balaban J connectivity index is 1.53. The third-order valence-corrected chi connectivity index (χ3v) is 4.58. The Bertz CT molecular complexity index is 750. The van der Waals surface area contributed by atoms with E-state index in [9.17, 15) is 18.7 Å². The van der Waals surface area contributed by atoms with Crippen molar-refractivity contribution < 1.29 is 23.4 Å². The van der Waals surface area contributed by atoms with E-state index in [-0.39, 0.29) is 11.7 Å². The number of aliphatic hydroxyl groups is 1. The van der Waals surface area contributed by atoms with E-state index in [4.69, 9.17) is 0 Å². The van der Waals surface area contributed by atoms with Crippen LogP contribution in [-0.2, 0) is 0 Å². The minimum Gasteiger partial charge on any atom is -0.435 e. The molecular weight excluding hydrogens is 354 g/mol. The van der Waals surface area contributed by atoms with Crippen molar-refractivity contribution >= 4 is 5.91 Å². The van der Waals surface area contributed by atoms with Crippen LogP contribution in [0.5, 0.6) is 5.75 Å². The van der Waals surface area contributed by atoms with Gasteiger partial charge < -0.3 is 14.7 Å². The maximum absolute atomic E-state index is 12.6. The second-order valence-corrected chi connectivity index (χ2v) is 6.43. The van der Waals surface area contributed by atoms with E-state index in [1.165, 1.54) is 18.2 Å². The SMILES string of the molecule is O=C(c1cccc(OC(F)F)c1)N1CCN(C[C@H](O)c2ccccc2)CC1. The van der Waals surface area contributed by atoms with Crippen LogP contribution in [0.1, 0.15) is 22.0 Å². The number of hydrogen-bond donors (Lipinski definition) is 1. The van der Waals surface area contributed by atoms with E-state index in [1.54, 1.807) is 11.0 Å². The average molecular weight is 376 g/mol. The molecule has 7 heteroatoms. The van der Waals surface area contributed by atoms with E-state index in [1.807, 2.05) is 30.3 Å². The van der Waals surface area contributed by atoms with Crippen molar-refractivity contribution in [2.45, 2.75) is 12.7 Å². The number of carbonyl (C=O) groups excluding carboxylic acids is 1. The average Bonchev–Trinajstić information content (AvgIpc) is 2.68. The molecule has 0 saturated carbocycles. The summed E-state index contributed by atoms with van der Waals surface area (Å²) < 4.78 is 29.0. The molecule has 0 aromatic heterocycles. The highest BCUT2D eigenvalue weighted by molar-refractivity contribution is 5.94. The molecule has 5 nitrogen and oxygen atoms in total. The molecular formula is C20H22F2N2O3. The minimum absolute atomic E-state index is 0.0273. The second kappa shape index (κ2) is 8.92. The lowest BCUT2D eigenvalue weighted by Gasteiger charge is -2.35. The van der Waals surface area contributed by atoms with E-state index >= 15 is 0 Å². The Labute approximate surface area is 156 Å². The summed E-state index contributed by atoms with van der Waals surface area (Å²) >= 11 is 0. The van der Waals surface area contributed by atoms with Gasteiger partial charge in [0.15, 0.2) is 0 Å². The summed E-state index contributed by atoms with van der Waals surface area (Å²) in [6.07, 6.45) is -0.573. The molecule has 1 aliphatic heterocycles. The zero-order valence-corrected chi connectivity index (χ0v) is 14.8. The molecule has 0 spiro atoms. The largest absolute Gasteiger partial charge is 0.435 e. The van der Waals surface area contributed by atoms with Crippen LogP contribution in [0.3, 0.4) is 0 Å². The summed E-state index contributed by atoms with van der Waals surface area (Å²) in [6.45, 7) is -0.106. The molecule has 0 unspecified atom stereocenters. The van der Waals surface area contributed by atoms with Gasteiger partial charge in [0.2, 0.25) is 0 Å². The van der Waals surface area contributed by atoms with Crippen molar-refractivity contribution in [3.63, 3.8) is 0 Å². The summed E-state index contributed by atoms with van der Waals surface area (Å²) in [4.78, 5) is 16.4. The third-order valence-electron chi connectivity index (χ3n) is 4.58. The number of nitrogens with zero attached hydrogens (tertiary/aromatic N) is 2. The second-order valence-electron chi connectivity index (χ2n) is 6.43. The molecule has 1 atom stereocenters. The van der Waals surface area contributed by atoms with Gasteiger partial charge in [-0.05, 0) is 23.8 Å². The van der Waals surface area contributed by atoms with Crippen LogP contribution in [-0.4, -0.2) is 60.1 Å². The molecule has 1 fully saturated rings. The first-order chi connectivity index (χ1) is 13.0. The molecule has 1 saturated heterocycles. The molecule has 1 amide bonds. The zero-order chi connectivity index (χ0) is 19.2. The Morgan fingerprint density at radius 1 is 1.04 bits per heavy atom. The topological polar surface area (TPSA) is 53.0 Å². The van der Waals surface area contributed by atoms with Crippen LogP contribution in [0.4, 0.5) is 8.78 Å². The number of rotatable bonds is 6. The number of carbonyl (C=O) groups is 1. The van der Waals surface area contributed by atoms with Crippen molar-refractivity contribution in [1.29, 1.82) is 0 Å². The van der Waals surface area contributed by atoms with Crippen LogP contribution in [0.25, 0.3) is 0 Å². The first kappa shape index (κ1) is 19.3. The first-order valence-corrected chi connectivity index (χ1v) is 8.82. The first-order valence-electron chi connectivity index (χ1n) is 8.82. The van der Waals surface area contributed by atoms with Crippen LogP contribution in [0.2, 0.25) is 0 Å². The van der Waals surface area contributed by atoms with Crippen LogP contribution < -0.4 is 4.74 Å². The zero-order valence-electron chi connectivity index (χ0n) is 14.8. The predicted molar refractivity (Wildman–Crippen MR) is 96.8 cm³/mol. The van der Waals surface area contributed by atoms with Crippen LogP contribution >= 0.6 is 0 Å². The summed E-state index contributed by atoms with van der Waals surface area (Å²) in [5, 5.41) is 10.3. The third kappa shape index (κ3) is 5.24. The summed E-state index contributed by atoms with van der Waals surface area (Å²) in [5.74, 6) is -0.238. The maximum atomic E-state index is 12.6. The van der Waals surface area contributed by atoms with Gasteiger partial charge in [0.1, 0.15) is 5.75 Å². The maximum Gasteiger partial charge on any atom is 0.387 e. The molecule has 0 bridgehead atoms. The van der Waals surface area contributed by atoms with Crippen molar-refractivity contribution in [1.82, 2.24) is 9.80 Å². The molecule has 2 aromatic rings. The molecule has 1 N–H and O–H groups in total. The Morgan fingerprint density at radius 3 is 2.41 bits per heavy atom. The number of hydrogen-bond acceptors (Lipinski definition) is 4. The normalized spacial score (nSPS) is 16.4. The molecule has 1 aliphatic rings. The van der Waals surface area contributed by atoms with Gasteiger partial charge >= 0.3 is 6.61 Å². The van der Waals surface area contributed by atoms with Crippen molar-refractivity contribution in [2.24, 2.45) is 0 Å². The monoisotopic (exact) mass is 376 g/mol. The highest BCUT2D eigenvalue weighted by atomic mass is 19.3. The fraction of sp³-hybridized carbons (Fsp3) is 0.350. The molecule has 144 valence electrons. The number of amides is 1. The lowest BCUT2D eigenvalue weighted by atomic mass is 10.1. The standard InChI is InChI=1S/C20H22F2N2O3/c21-20(22)27-17-8-4-7-16(13-17)19(26)24-11-9-23(10-12-24)14-18(25)15-5-2-1-3-6-15/h1-8,13,18,20,25H,9-12,14H2/t18-/m0/s1. The summed E-state index contributed by atoms with van der Waals surface area (Å²) in [5.41, 5.74) is 1.19. The molecule has 3 rings (SSSR count). The number of piperazine rings is 1. The van der Waals surface area contributed by atoms with Gasteiger partial charge in [-0.15, -0.1) is 0 Å². The Hall–Kier alpha value is -2.51. The lowest BCUT2D eigenvalue weighted by molar-refractivity contribution is -0.0499. The smallest absolute Gasteiger partial charge is 0.387 e. The number of alkyl halides is 2. The van der Waals surface area contributed by atoms with Gasteiger partial charge in [-0.2, -0.15) is 8.78 Å². The quantitative estimate of drug-likeness (QED) is 0.842. The number of aliphatic hydroxyl groups excluding tert-OH is 1. The fourth-order valence-corrected chi connectivity index (χ4v) is 3.15. The van der Waals surface area contributed by atoms with Crippen molar-refractivity contribution in [3.8, 4) is 5.75 Å². The minimum atomic E-state index is -2.92. The lowest BCUT2D eigenvalue weighted by Crippen LogP contribution is -2.49. The van der Waals surface area contributed by atoms with Gasteiger partial charge in [0, 0.05) is 38.3 Å². The molecule has 1 heterocycles. The Kier molecular flexibility index (Phi) is 6.36. The van der Waals surface area contributed by atoms with E-state index in [0.717, 1.165) is 5.56 Å². The molecule has 2 aromatic carbocycles. The number of halogens is 2. The van der Waals surface area contributed by atoms with Crippen molar-refractivity contribution in [3.05, 3.63) is 65.7 Å². The van der Waals surface area contributed by atoms with E-state index < -0.39 is 12.7 Å². The fourth-order valence-electron chi connectivity index (χ4n) is 3.15. The number of ether oxygens (including phenoxy) is 1. The van der Waals surface area contributed by atoms with Gasteiger partial charge in [0.25, 0.3) is 5.91 Å². The van der Waals surface area contributed by atoms with Crippen molar-refractivity contribution in [2.75, 3.05) is 32.7 Å². The van der Waals surface area contributed by atoms with Crippen LogP contribution in [0.15, 0.2) is 54.6 Å². The number of β-amino-alcohol motifs (C(OH)–C–C–N with tert-alkyl or cyclic N) is 1.